The number of carboxylic acids is 1. The molecule has 1 aromatic rings. The summed E-state index contributed by atoms with van der Waals surface area (Å²) in [5.41, 5.74) is 0.890. The molecule has 0 saturated carbocycles. The second kappa shape index (κ2) is 5.75. The minimum absolute atomic E-state index is 0.259. The summed E-state index contributed by atoms with van der Waals surface area (Å²) in [6.45, 7) is 3.87. The topological polar surface area (TPSA) is 74.7 Å². The van der Waals surface area contributed by atoms with E-state index in [0.717, 1.165) is 9.35 Å². The van der Waals surface area contributed by atoms with Crippen LogP contribution in [-0.2, 0) is 14.8 Å². The molecule has 1 aromatic heterocycles. The zero-order valence-corrected chi connectivity index (χ0v) is 14.4. The molecule has 1 saturated heterocycles. The number of aliphatic carboxylic acids is 1. The van der Waals surface area contributed by atoms with Crippen molar-refractivity contribution in [3.8, 4) is 0 Å². The maximum Gasteiger partial charge on any atom is 0.306 e. The van der Waals surface area contributed by atoms with Gasteiger partial charge in [-0.15, -0.1) is 11.3 Å². The fourth-order valence-electron chi connectivity index (χ4n) is 2.41. The molecule has 1 aliphatic heterocycles. The fourth-order valence-corrected chi connectivity index (χ4v) is 6.42. The predicted octanol–water partition coefficient (Wildman–Crippen LogP) is 2.69. The van der Waals surface area contributed by atoms with E-state index < -0.39 is 21.9 Å². The van der Waals surface area contributed by atoms with Gasteiger partial charge in [-0.3, -0.25) is 4.79 Å². The van der Waals surface area contributed by atoms with E-state index in [4.69, 9.17) is 5.11 Å². The summed E-state index contributed by atoms with van der Waals surface area (Å²) in [5, 5.41) is 9.03. The van der Waals surface area contributed by atoms with E-state index >= 15 is 0 Å². The highest BCUT2D eigenvalue weighted by Crippen LogP contribution is 2.35. The molecule has 0 aromatic carbocycles. The Labute approximate surface area is 130 Å². The van der Waals surface area contributed by atoms with Crippen LogP contribution in [0.5, 0.6) is 0 Å². The Morgan fingerprint density at radius 2 is 2.20 bits per heavy atom. The van der Waals surface area contributed by atoms with Crippen molar-refractivity contribution >= 4 is 43.3 Å². The lowest BCUT2D eigenvalue weighted by Crippen LogP contribution is -2.45. The molecule has 112 valence electrons. The van der Waals surface area contributed by atoms with Gasteiger partial charge in [-0.2, -0.15) is 4.31 Å². The summed E-state index contributed by atoms with van der Waals surface area (Å²) in [4.78, 5) is 11.0. The van der Waals surface area contributed by atoms with Gasteiger partial charge in [0.25, 0.3) is 10.0 Å². The van der Waals surface area contributed by atoms with Crippen molar-refractivity contribution < 1.29 is 18.3 Å². The fraction of sp³-hybridized carbons (Fsp3) is 0.583. The van der Waals surface area contributed by atoms with Crippen LogP contribution < -0.4 is 0 Å². The molecule has 0 spiro atoms. The highest BCUT2D eigenvalue weighted by atomic mass is 79.9. The number of thiophene rings is 1. The highest BCUT2D eigenvalue weighted by Gasteiger charge is 2.37. The third-order valence-electron chi connectivity index (χ3n) is 3.56. The van der Waals surface area contributed by atoms with Crippen molar-refractivity contribution in [3.05, 3.63) is 15.4 Å². The van der Waals surface area contributed by atoms with Crippen LogP contribution in [0.3, 0.4) is 0 Å². The monoisotopic (exact) mass is 381 g/mol. The number of hydrogen-bond acceptors (Lipinski definition) is 4. The first-order valence-electron chi connectivity index (χ1n) is 6.24. The lowest BCUT2D eigenvalue weighted by atomic mass is 9.93. The van der Waals surface area contributed by atoms with Crippen LogP contribution in [0.15, 0.2) is 14.1 Å². The molecule has 5 nitrogen and oxygen atoms in total. The first-order valence-corrected chi connectivity index (χ1v) is 9.29. The maximum atomic E-state index is 12.6. The zero-order valence-electron chi connectivity index (χ0n) is 11.2. The Hall–Kier alpha value is -0.440. The number of carboxylic acid groups (broad SMARTS) is 1. The van der Waals surface area contributed by atoms with Gasteiger partial charge < -0.3 is 5.11 Å². The Morgan fingerprint density at radius 1 is 1.55 bits per heavy atom. The third-order valence-corrected chi connectivity index (χ3v) is 8.16. The molecule has 0 aliphatic carbocycles. The van der Waals surface area contributed by atoms with Crippen LogP contribution in [0.25, 0.3) is 0 Å². The minimum atomic E-state index is -3.53. The van der Waals surface area contributed by atoms with Crippen LogP contribution >= 0.6 is 27.3 Å². The molecule has 1 fully saturated rings. The summed E-state index contributed by atoms with van der Waals surface area (Å²) in [7, 11) is -3.53. The van der Waals surface area contributed by atoms with Gasteiger partial charge in [0.1, 0.15) is 4.21 Å². The van der Waals surface area contributed by atoms with Gasteiger partial charge in [0.15, 0.2) is 0 Å². The Balaban J connectivity index is 2.25. The van der Waals surface area contributed by atoms with Gasteiger partial charge in [-0.25, -0.2) is 8.42 Å². The van der Waals surface area contributed by atoms with Crippen LogP contribution in [-0.4, -0.2) is 36.4 Å². The average Bonchev–Trinajstić information content (AvgIpc) is 2.69. The van der Waals surface area contributed by atoms with Gasteiger partial charge >= 0.3 is 5.97 Å². The van der Waals surface area contributed by atoms with Crippen molar-refractivity contribution in [1.29, 1.82) is 0 Å². The van der Waals surface area contributed by atoms with Crippen molar-refractivity contribution in [2.24, 2.45) is 5.92 Å². The molecular weight excluding hydrogens is 366 g/mol. The molecule has 20 heavy (non-hydrogen) atoms. The number of nitrogens with zero attached hydrogens (tertiary/aromatic N) is 1. The SMILES string of the molecule is Cc1cc(S(=O)(=O)N2CCC(C(=O)O)CC2C)sc1Br. The molecule has 0 amide bonds. The van der Waals surface area contributed by atoms with Crippen LogP contribution in [0.2, 0.25) is 0 Å². The summed E-state index contributed by atoms with van der Waals surface area (Å²) in [6.07, 6.45) is 0.727. The first kappa shape index (κ1) is 15.9. The second-order valence-corrected chi connectivity index (χ2v) is 9.53. The standard InChI is InChI=1S/C12H16BrNO4S2/c1-7-5-10(19-11(7)13)20(17,18)14-4-3-9(12(15)16)6-8(14)2/h5,8-9H,3-4,6H2,1-2H3,(H,15,16). The van der Waals surface area contributed by atoms with Crippen molar-refractivity contribution in [1.82, 2.24) is 4.31 Å². The van der Waals surface area contributed by atoms with Crippen molar-refractivity contribution in [2.45, 2.75) is 36.9 Å². The Morgan fingerprint density at radius 3 is 2.65 bits per heavy atom. The van der Waals surface area contributed by atoms with E-state index in [0.29, 0.717) is 17.1 Å². The minimum Gasteiger partial charge on any atom is -0.481 e. The molecule has 2 atom stereocenters. The molecule has 1 aliphatic rings. The molecule has 0 bridgehead atoms. The molecule has 8 heteroatoms. The normalized spacial score (nSPS) is 24.8. The number of sulfonamides is 1. The number of piperidine rings is 1. The average molecular weight is 382 g/mol. The maximum absolute atomic E-state index is 12.6. The summed E-state index contributed by atoms with van der Waals surface area (Å²) >= 11 is 4.53. The number of hydrogen-bond donors (Lipinski definition) is 1. The number of rotatable bonds is 3. The zero-order chi connectivity index (χ0) is 15.1. The van der Waals surface area contributed by atoms with Crippen LogP contribution in [0, 0.1) is 12.8 Å². The third kappa shape index (κ3) is 2.93. The molecule has 2 rings (SSSR count). The van der Waals surface area contributed by atoms with E-state index in [1.54, 1.807) is 13.0 Å². The highest BCUT2D eigenvalue weighted by molar-refractivity contribution is 9.11. The number of aryl methyl sites for hydroxylation is 1. The van der Waals surface area contributed by atoms with Crippen LogP contribution in [0.4, 0.5) is 0 Å². The Kier molecular flexibility index (Phi) is 4.58. The molecular formula is C12H16BrNO4S2. The van der Waals surface area contributed by atoms with E-state index in [1.165, 1.54) is 15.6 Å². The lowest BCUT2D eigenvalue weighted by molar-refractivity contribution is -0.143. The van der Waals surface area contributed by atoms with E-state index in [9.17, 15) is 13.2 Å². The Bertz CT molecular complexity index is 606. The van der Waals surface area contributed by atoms with Gasteiger partial charge in [0, 0.05) is 12.6 Å². The van der Waals surface area contributed by atoms with Crippen molar-refractivity contribution in [2.75, 3.05) is 6.54 Å². The summed E-state index contributed by atoms with van der Waals surface area (Å²) in [5.74, 6) is -1.29. The van der Waals surface area contributed by atoms with Gasteiger partial charge in [-0.05, 0) is 54.2 Å². The van der Waals surface area contributed by atoms with Gasteiger partial charge in [0.2, 0.25) is 0 Å². The molecule has 2 heterocycles. The van der Waals surface area contributed by atoms with Gasteiger partial charge in [-0.1, -0.05) is 0 Å². The summed E-state index contributed by atoms with van der Waals surface area (Å²) < 4.78 is 27.8. The van der Waals surface area contributed by atoms with Crippen molar-refractivity contribution in [3.63, 3.8) is 0 Å². The molecule has 1 N–H and O–H groups in total. The predicted molar refractivity (Wildman–Crippen MR) is 80.5 cm³/mol. The first-order chi connectivity index (χ1) is 9.23. The van der Waals surface area contributed by atoms with Gasteiger partial charge in [0.05, 0.1) is 9.70 Å². The largest absolute Gasteiger partial charge is 0.481 e. The smallest absolute Gasteiger partial charge is 0.306 e. The molecule has 0 radical (unpaired) electrons. The van der Waals surface area contributed by atoms with Crippen LogP contribution in [0.1, 0.15) is 25.3 Å². The van der Waals surface area contributed by atoms with E-state index in [2.05, 4.69) is 15.9 Å². The summed E-state index contributed by atoms with van der Waals surface area (Å²) in [6, 6.07) is 1.36. The lowest BCUT2D eigenvalue weighted by Gasteiger charge is -2.34. The second-order valence-electron chi connectivity index (χ2n) is 5.05. The van der Waals surface area contributed by atoms with E-state index in [-0.39, 0.29) is 12.6 Å². The molecule has 2 unspecified atom stereocenters. The number of carbonyl (C=O) groups is 1. The number of halogens is 1. The van der Waals surface area contributed by atoms with E-state index in [1.807, 2.05) is 6.92 Å². The quantitative estimate of drug-likeness (QED) is 0.872.